The van der Waals surface area contributed by atoms with Crippen molar-refractivity contribution < 1.29 is 9.47 Å². The van der Waals surface area contributed by atoms with E-state index in [9.17, 15) is 0 Å². The van der Waals surface area contributed by atoms with Crippen molar-refractivity contribution >= 4 is 0 Å². The zero-order valence-corrected chi connectivity index (χ0v) is 13.1. The van der Waals surface area contributed by atoms with Gasteiger partial charge in [-0.15, -0.1) is 0 Å². The summed E-state index contributed by atoms with van der Waals surface area (Å²) in [6, 6.07) is 8.64. The van der Waals surface area contributed by atoms with Gasteiger partial charge in [0, 0.05) is 20.2 Å². The van der Waals surface area contributed by atoms with Gasteiger partial charge in [-0.05, 0) is 62.8 Å². The molecule has 0 radical (unpaired) electrons. The molecular formula is C18H27NO2. The van der Waals surface area contributed by atoms with Crippen LogP contribution in [0.2, 0.25) is 0 Å². The highest BCUT2D eigenvalue weighted by Crippen LogP contribution is 2.25. The number of hydrogen-bond acceptors (Lipinski definition) is 3. The third kappa shape index (κ3) is 4.21. The molecule has 0 aromatic heterocycles. The van der Waals surface area contributed by atoms with Crippen LogP contribution >= 0.6 is 0 Å². The molecule has 1 aromatic carbocycles. The second kappa shape index (κ2) is 7.28. The molecular weight excluding hydrogens is 262 g/mol. The molecule has 1 saturated carbocycles. The lowest BCUT2D eigenvalue weighted by atomic mass is 10.1. The minimum Gasteiger partial charge on any atom is -0.490 e. The summed E-state index contributed by atoms with van der Waals surface area (Å²) in [6.07, 6.45) is 8.32. The van der Waals surface area contributed by atoms with Gasteiger partial charge >= 0.3 is 0 Å². The minimum atomic E-state index is 0.400. The molecule has 0 bridgehead atoms. The molecule has 21 heavy (non-hydrogen) atoms. The Morgan fingerprint density at radius 3 is 2.71 bits per heavy atom. The Labute approximate surface area is 128 Å². The molecule has 0 amide bonds. The first-order valence-electron chi connectivity index (χ1n) is 8.34. The molecule has 3 rings (SSSR count). The number of likely N-dealkylation sites (tertiary alicyclic amines) is 1. The molecule has 1 aromatic rings. The van der Waals surface area contributed by atoms with Crippen LogP contribution in [0.3, 0.4) is 0 Å². The quantitative estimate of drug-likeness (QED) is 0.826. The lowest BCUT2D eigenvalue weighted by Crippen LogP contribution is -2.38. The third-order valence-electron chi connectivity index (χ3n) is 4.71. The van der Waals surface area contributed by atoms with E-state index in [0.717, 1.165) is 18.8 Å². The van der Waals surface area contributed by atoms with Crippen molar-refractivity contribution in [3.8, 4) is 5.75 Å². The van der Waals surface area contributed by atoms with Gasteiger partial charge < -0.3 is 9.47 Å². The molecule has 2 fully saturated rings. The van der Waals surface area contributed by atoms with Gasteiger partial charge in [0.15, 0.2) is 0 Å². The van der Waals surface area contributed by atoms with Gasteiger partial charge in [0.25, 0.3) is 0 Å². The van der Waals surface area contributed by atoms with E-state index in [2.05, 4.69) is 29.2 Å². The van der Waals surface area contributed by atoms with Gasteiger partial charge in [0.05, 0.1) is 12.2 Å². The number of piperidine rings is 1. The Kier molecular flexibility index (Phi) is 5.15. The smallest absolute Gasteiger partial charge is 0.120 e. The Hall–Kier alpha value is -1.06. The first-order chi connectivity index (χ1) is 10.3. The number of rotatable bonds is 5. The van der Waals surface area contributed by atoms with Crippen LogP contribution in [0.4, 0.5) is 0 Å². The normalized spacial score (nSPS) is 24.3. The van der Waals surface area contributed by atoms with Crippen LogP contribution in [-0.2, 0) is 11.3 Å². The minimum absolute atomic E-state index is 0.400. The van der Waals surface area contributed by atoms with Crippen LogP contribution < -0.4 is 4.74 Å². The summed E-state index contributed by atoms with van der Waals surface area (Å²) in [5, 5.41) is 0. The van der Waals surface area contributed by atoms with Crippen molar-refractivity contribution in [2.24, 2.45) is 0 Å². The van der Waals surface area contributed by atoms with Crippen molar-refractivity contribution in [1.82, 2.24) is 4.90 Å². The summed E-state index contributed by atoms with van der Waals surface area (Å²) in [7, 11) is 1.82. The van der Waals surface area contributed by atoms with E-state index < -0.39 is 0 Å². The maximum atomic E-state index is 6.10. The van der Waals surface area contributed by atoms with E-state index in [1.54, 1.807) is 0 Å². The average Bonchev–Trinajstić information content (AvgIpc) is 3.01. The molecule has 1 heterocycles. The topological polar surface area (TPSA) is 21.7 Å². The Morgan fingerprint density at radius 2 is 1.90 bits per heavy atom. The molecule has 3 nitrogen and oxygen atoms in total. The van der Waals surface area contributed by atoms with Crippen LogP contribution in [0.5, 0.6) is 5.75 Å². The van der Waals surface area contributed by atoms with Gasteiger partial charge in [-0.1, -0.05) is 12.1 Å². The summed E-state index contributed by atoms with van der Waals surface area (Å²) >= 11 is 0. The molecule has 1 unspecified atom stereocenters. The van der Waals surface area contributed by atoms with Crippen molar-refractivity contribution in [3.63, 3.8) is 0 Å². The van der Waals surface area contributed by atoms with E-state index >= 15 is 0 Å². The predicted molar refractivity (Wildman–Crippen MR) is 84.6 cm³/mol. The van der Waals surface area contributed by atoms with Crippen molar-refractivity contribution in [2.75, 3.05) is 20.2 Å². The fourth-order valence-electron chi connectivity index (χ4n) is 3.52. The van der Waals surface area contributed by atoms with Crippen LogP contribution in [0.1, 0.15) is 44.1 Å². The zero-order chi connectivity index (χ0) is 14.5. The predicted octanol–water partition coefficient (Wildman–Crippen LogP) is 3.62. The number of nitrogens with zero attached hydrogens (tertiary/aromatic N) is 1. The SMILES string of the molecule is COC1CCCN(Cc2cccc(OC3CCCC3)c2)C1. The summed E-state index contributed by atoms with van der Waals surface area (Å²) in [5.74, 6) is 1.04. The lowest BCUT2D eigenvalue weighted by molar-refractivity contribution is 0.0285. The molecule has 3 heteroatoms. The number of ether oxygens (including phenoxy) is 2. The van der Waals surface area contributed by atoms with E-state index in [-0.39, 0.29) is 0 Å². The standard InChI is InChI=1S/C18H27NO2/c1-20-18-10-5-11-19(14-18)13-15-6-4-9-17(12-15)21-16-7-2-3-8-16/h4,6,9,12,16,18H,2-3,5,7-8,10-11,13-14H2,1H3. The van der Waals surface area contributed by atoms with Crippen molar-refractivity contribution in [1.29, 1.82) is 0 Å². The Balaban J connectivity index is 1.57. The third-order valence-corrected chi connectivity index (χ3v) is 4.71. The fraction of sp³-hybridized carbons (Fsp3) is 0.667. The number of benzene rings is 1. The highest BCUT2D eigenvalue weighted by molar-refractivity contribution is 5.28. The first-order valence-corrected chi connectivity index (χ1v) is 8.34. The van der Waals surface area contributed by atoms with Crippen molar-refractivity contribution in [2.45, 2.75) is 57.3 Å². The van der Waals surface area contributed by atoms with Gasteiger partial charge in [-0.3, -0.25) is 4.90 Å². The summed E-state index contributed by atoms with van der Waals surface area (Å²) in [4.78, 5) is 2.49. The fourth-order valence-corrected chi connectivity index (χ4v) is 3.52. The first kappa shape index (κ1) is 14.9. The van der Waals surface area contributed by atoms with Crippen molar-refractivity contribution in [3.05, 3.63) is 29.8 Å². The number of hydrogen-bond donors (Lipinski definition) is 0. The molecule has 2 aliphatic rings. The molecule has 1 aliphatic heterocycles. The molecule has 1 atom stereocenters. The molecule has 1 saturated heterocycles. The lowest BCUT2D eigenvalue weighted by Gasteiger charge is -2.31. The highest BCUT2D eigenvalue weighted by atomic mass is 16.5. The van der Waals surface area contributed by atoms with Gasteiger partial charge in [-0.2, -0.15) is 0 Å². The second-order valence-electron chi connectivity index (χ2n) is 6.41. The van der Waals surface area contributed by atoms with Gasteiger partial charge in [0.2, 0.25) is 0 Å². The number of methoxy groups -OCH3 is 1. The van der Waals surface area contributed by atoms with E-state index in [4.69, 9.17) is 9.47 Å². The molecule has 0 spiro atoms. The maximum Gasteiger partial charge on any atom is 0.120 e. The van der Waals surface area contributed by atoms with Gasteiger partial charge in [-0.25, -0.2) is 0 Å². The Bertz CT molecular complexity index is 443. The van der Waals surface area contributed by atoms with Crippen LogP contribution in [0.25, 0.3) is 0 Å². The second-order valence-corrected chi connectivity index (χ2v) is 6.41. The molecule has 1 aliphatic carbocycles. The Morgan fingerprint density at radius 1 is 1.10 bits per heavy atom. The zero-order valence-electron chi connectivity index (χ0n) is 13.1. The monoisotopic (exact) mass is 289 g/mol. The van der Waals surface area contributed by atoms with Gasteiger partial charge in [0.1, 0.15) is 5.75 Å². The highest BCUT2D eigenvalue weighted by Gasteiger charge is 2.20. The van der Waals surface area contributed by atoms with Crippen LogP contribution in [0, 0.1) is 0 Å². The molecule has 116 valence electrons. The largest absolute Gasteiger partial charge is 0.490 e. The van der Waals surface area contributed by atoms with Crippen LogP contribution in [-0.4, -0.2) is 37.3 Å². The maximum absolute atomic E-state index is 6.10. The molecule has 0 N–H and O–H groups in total. The van der Waals surface area contributed by atoms with E-state index in [1.807, 2.05) is 7.11 Å². The summed E-state index contributed by atoms with van der Waals surface area (Å²) < 4.78 is 11.6. The average molecular weight is 289 g/mol. The summed E-state index contributed by atoms with van der Waals surface area (Å²) in [6.45, 7) is 3.22. The van der Waals surface area contributed by atoms with E-state index in [1.165, 1.54) is 50.6 Å². The van der Waals surface area contributed by atoms with Crippen LogP contribution in [0.15, 0.2) is 24.3 Å². The van der Waals surface area contributed by atoms with E-state index in [0.29, 0.717) is 12.2 Å². The summed E-state index contributed by atoms with van der Waals surface area (Å²) in [5.41, 5.74) is 1.35.